The van der Waals surface area contributed by atoms with Crippen molar-refractivity contribution < 1.29 is 19.2 Å². The number of aldehydes is 2. The lowest BCUT2D eigenvalue weighted by Gasteiger charge is -2.21. The van der Waals surface area contributed by atoms with E-state index < -0.39 is 11.8 Å². The molecular weight excluding hydrogens is 528 g/mol. The molecule has 4 N–H and O–H groups in total. The quantitative estimate of drug-likeness (QED) is 0.253. The first-order chi connectivity index (χ1) is 20.3. The van der Waals surface area contributed by atoms with Crippen molar-refractivity contribution in [1.29, 1.82) is 0 Å². The van der Waals surface area contributed by atoms with Gasteiger partial charge in [0.1, 0.15) is 11.4 Å². The Morgan fingerprint density at radius 1 is 0.667 bits per heavy atom. The van der Waals surface area contributed by atoms with Gasteiger partial charge < -0.3 is 11.5 Å². The smallest absolute Gasteiger partial charge is 0.267 e. The van der Waals surface area contributed by atoms with Gasteiger partial charge in [-0.1, -0.05) is 36.4 Å². The van der Waals surface area contributed by atoms with Gasteiger partial charge in [0.15, 0.2) is 12.6 Å². The molecule has 0 unspecified atom stereocenters. The summed E-state index contributed by atoms with van der Waals surface area (Å²) in [5.41, 5.74) is 20.8. The Morgan fingerprint density at radius 2 is 1.02 bits per heavy atom. The van der Waals surface area contributed by atoms with Crippen LogP contribution in [0.4, 0.5) is 0 Å². The molecule has 2 aliphatic rings. The summed E-state index contributed by atoms with van der Waals surface area (Å²) in [4.78, 5) is 57.7. The largest absolute Gasteiger partial charge is 0.364 e. The molecule has 2 aromatic heterocycles. The lowest BCUT2D eigenvalue weighted by atomic mass is 9.83. The molecule has 0 atom stereocenters. The van der Waals surface area contributed by atoms with E-state index in [-0.39, 0.29) is 23.2 Å². The van der Waals surface area contributed by atoms with Crippen molar-refractivity contribution >= 4 is 24.4 Å². The number of nitrogens with zero attached hydrogens (tertiary/aromatic N) is 2. The summed E-state index contributed by atoms with van der Waals surface area (Å²) in [5, 5.41) is 0. The van der Waals surface area contributed by atoms with Crippen LogP contribution in [0.3, 0.4) is 0 Å². The van der Waals surface area contributed by atoms with Crippen LogP contribution in [0.5, 0.6) is 0 Å². The van der Waals surface area contributed by atoms with Crippen LogP contribution < -0.4 is 11.5 Å². The molecule has 2 heterocycles. The minimum absolute atomic E-state index is 0.144. The van der Waals surface area contributed by atoms with Crippen LogP contribution in [0.15, 0.2) is 48.8 Å². The predicted octanol–water partition coefficient (Wildman–Crippen LogP) is 5.67. The van der Waals surface area contributed by atoms with Crippen molar-refractivity contribution in [3.63, 3.8) is 0 Å². The zero-order valence-corrected chi connectivity index (χ0v) is 23.4. The lowest BCUT2D eigenvalue weighted by Crippen LogP contribution is -2.17. The summed E-state index contributed by atoms with van der Waals surface area (Å²) in [5.74, 6) is -0.969. The van der Waals surface area contributed by atoms with Gasteiger partial charge in [-0.05, 0) is 95.9 Å². The molecular formula is C34H30N4O4. The van der Waals surface area contributed by atoms with E-state index in [9.17, 15) is 19.2 Å². The number of amides is 2. The third-order valence-corrected chi connectivity index (χ3v) is 8.49. The van der Waals surface area contributed by atoms with Gasteiger partial charge >= 0.3 is 0 Å². The van der Waals surface area contributed by atoms with Crippen LogP contribution in [0.25, 0.3) is 33.4 Å². The maximum Gasteiger partial charge on any atom is 0.267 e. The third-order valence-electron chi connectivity index (χ3n) is 8.49. The Bertz CT molecular complexity index is 1690. The molecule has 8 nitrogen and oxygen atoms in total. The number of carbonyl (C=O) groups is 4. The summed E-state index contributed by atoms with van der Waals surface area (Å²) in [6.07, 6.45) is 8.15. The standard InChI is InChI=1S/C34H30N4O4/c1-17-23(5-3-7-25(17)29-27(19-9-10-19)21(15-39)13-37-31(29)33(35)41)24-6-4-8-26(18(24)2)30-28(20-11-12-20)22(16-40)14-38-32(30)34(36)42/h3-8,13-16,19-20H,9-12H2,1-2H3,(H2,35,41)(H2,36,42). The van der Waals surface area contributed by atoms with E-state index in [0.717, 1.165) is 82.8 Å². The number of nitrogens with two attached hydrogens (primary N) is 2. The number of carbonyl (C=O) groups excluding carboxylic acids is 4. The number of benzene rings is 2. The highest BCUT2D eigenvalue weighted by atomic mass is 16.1. The van der Waals surface area contributed by atoms with Crippen LogP contribution in [0, 0.1) is 13.8 Å². The average Bonchev–Trinajstić information content (AvgIpc) is 3.90. The number of hydrogen-bond acceptors (Lipinski definition) is 6. The number of rotatable bonds is 9. The van der Waals surface area contributed by atoms with Gasteiger partial charge in [-0.2, -0.15) is 0 Å². The molecule has 0 spiro atoms. The van der Waals surface area contributed by atoms with E-state index in [1.807, 2.05) is 50.2 Å². The second-order valence-corrected chi connectivity index (χ2v) is 11.2. The fourth-order valence-corrected chi connectivity index (χ4v) is 6.21. The molecule has 0 bridgehead atoms. The second-order valence-electron chi connectivity index (χ2n) is 11.2. The van der Waals surface area contributed by atoms with E-state index in [1.165, 1.54) is 12.4 Å². The fraction of sp³-hybridized carbons (Fsp3) is 0.235. The van der Waals surface area contributed by atoms with Gasteiger partial charge in [0.25, 0.3) is 11.8 Å². The second kappa shape index (κ2) is 10.4. The Morgan fingerprint density at radius 3 is 1.33 bits per heavy atom. The Labute approximate surface area is 243 Å². The molecule has 0 aliphatic heterocycles. The minimum Gasteiger partial charge on any atom is -0.364 e. The fourth-order valence-electron chi connectivity index (χ4n) is 6.21. The minimum atomic E-state index is -0.651. The maximum absolute atomic E-state index is 12.5. The molecule has 4 aromatic rings. The zero-order chi connectivity index (χ0) is 29.7. The molecule has 42 heavy (non-hydrogen) atoms. The molecule has 2 fully saturated rings. The van der Waals surface area contributed by atoms with Crippen LogP contribution in [0.1, 0.15) is 101 Å². The zero-order valence-electron chi connectivity index (χ0n) is 23.4. The number of pyridine rings is 2. The summed E-state index contributed by atoms with van der Waals surface area (Å²) in [6, 6.07) is 11.7. The Balaban J connectivity index is 1.59. The van der Waals surface area contributed by atoms with E-state index in [0.29, 0.717) is 22.3 Å². The molecule has 2 aromatic carbocycles. The highest BCUT2D eigenvalue weighted by molar-refractivity contribution is 6.03. The van der Waals surface area contributed by atoms with Crippen molar-refractivity contribution in [2.45, 2.75) is 51.4 Å². The molecule has 8 heteroatoms. The van der Waals surface area contributed by atoms with Crippen molar-refractivity contribution in [3.05, 3.63) is 93.6 Å². The Kier molecular flexibility index (Phi) is 6.77. The highest BCUT2D eigenvalue weighted by Crippen LogP contribution is 2.50. The van der Waals surface area contributed by atoms with E-state index in [2.05, 4.69) is 9.97 Å². The van der Waals surface area contributed by atoms with Crippen LogP contribution in [-0.2, 0) is 0 Å². The normalized spacial score (nSPS) is 14.4. The molecule has 0 radical (unpaired) electrons. The van der Waals surface area contributed by atoms with Gasteiger partial charge in [0.2, 0.25) is 0 Å². The lowest BCUT2D eigenvalue weighted by molar-refractivity contribution is 0.0987. The van der Waals surface area contributed by atoms with Gasteiger partial charge in [-0.15, -0.1) is 0 Å². The summed E-state index contributed by atoms with van der Waals surface area (Å²) in [6.45, 7) is 3.95. The number of primary amides is 2. The van der Waals surface area contributed by atoms with Crippen molar-refractivity contribution in [1.82, 2.24) is 9.97 Å². The van der Waals surface area contributed by atoms with Crippen LogP contribution in [-0.4, -0.2) is 34.4 Å². The third kappa shape index (κ3) is 4.49. The van der Waals surface area contributed by atoms with Crippen molar-refractivity contribution in [3.8, 4) is 33.4 Å². The van der Waals surface area contributed by atoms with E-state index >= 15 is 0 Å². The average molecular weight is 559 g/mol. The maximum atomic E-state index is 12.5. The van der Waals surface area contributed by atoms with Gasteiger partial charge in [-0.3, -0.25) is 19.2 Å². The SMILES string of the molecule is Cc1c(-c2cccc(-c3c(C(N)=O)ncc(C=O)c3C3CC3)c2C)cccc1-c1c(C(N)=O)ncc(C=O)c1C1CC1. The first-order valence-electron chi connectivity index (χ1n) is 14.0. The summed E-state index contributed by atoms with van der Waals surface area (Å²) < 4.78 is 0. The van der Waals surface area contributed by atoms with Crippen molar-refractivity contribution in [2.75, 3.05) is 0 Å². The molecule has 6 rings (SSSR count). The molecule has 0 saturated heterocycles. The number of hydrogen-bond donors (Lipinski definition) is 2. The molecule has 2 saturated carbocycles. The highest BCUT2D eigenvalue weighted by Gasteiger charge is 2.34. The monoisotopic (exact) mass is 558 g/mol. The first-order valence-corrected chi connectivity index (χ1v) is 14.0. The van der Waals surface area contributed by atoms with Crippen LogP contribution in [0.2, 0.25) is 0 Å². The summed E-state index contributed by atoms with van der Waals surface area (Å²) >= 11 is 0. The van der Waals surface area contributed by atoms with Gasteiger partial charge in [0.05, 0.1) is 0 Å². The van der Waals surface area contributed by atoms with Crippen molar-refractivity contribution in [2.24, 2.45) is 11.5 Å². The van der Waals surface area contributed by atoms with Gasteiger partial charge in [0, 0.05) is 34.6 Å². The van der Waals surface area contributed by atoms with E-state index in [1.54, 1.807) is 0 Å². The first kappa shape index (κ1) is 27.2. The van der Waals surface area contributed by atoms with Gasteiger partial charge in [-0.25, -0.2) is 9.97 Å². The molecule has 2 aliphatic carbocycles. The molecule has 2 amide bonds. The van der Waals surface area contributed by atoms with Crippen LogP contribution >= 0.6 is 0 Å². The molecule has 210 valence electrons. The predicted molar refractivity (Wildman–Crippen MR) is 160 cm³/mol. The number of aromatic nitrogens is 2. The summed E-state index contributed by atoms with van der Waals surface area (Å²) in [7, 11) is 0. The van der Waals surface area contributed by atoms with E-state index in [4.69, 9.17) is 11.5 Å². The topological polar surface area (TPSA) is 146 Å². The Hall–Kier alpha value is -4.98.